The van der Waals surface area contributed by atoms with Gasteiger partial charge in [-0.15, -0.1) is 16.9 Å². The van der Waals surface area contributed by atoms with Crippen LogP contribution in [0.15, 0.2) is 5.38 Å². The average molecular weight is 196 g/mol. The van der Waals surface area contributed by atoms with Crippen molar-refractivity contribution < 1.29 is 0 Å². The van der Waals surface area contributed by atoms with Gasteiger partial charge in [-0.1, -0.05) is 19.6 Å². The first-order chi connectivity index (χ1) is 5.47. The van der Waals surface area contributed by atoms with Crippen molar-refractivity contribution in [3.8, 4) is 11.5 Å². The first-order valence-corrected chi connectivity index (χ1v) is 8.09. The highest BCUT2D eigenvalue weighted by Crippen LogP contribution is 2.09. The monoisotopic (exact) mass is 196 g/mol. The fraction of sp³-hybridized carbons (Fsp3) is 0.375. The fourth-order valence-corrected chi connectivity index (χ4v) is 1.72. The fourth-order valence-electron chi connectivity index (χ4n) is 0.585. The molecule has 0 aliphatic heterocycles. The van der Waals surface area contributed by atoms with Crippen LogP contribution in [0.1, 0.15) is 5.01 Å². The number of anilines is 1. The maximum Gasteiger partial charge on any atom is 0.168 e. The van der Waals surface area contributed by atoms with Gasteiger partial charge in [-0.25, -0.2) is 4.98 Å². The lowest BCUT2D eigenvalue weighted by atomic mass is 10.7. The van der Waals surface area contributed by atoms with E-state index < -0.39 is 8.07 Å². The molecule has 0 spiro atoms. The van der Waals surface area contributed by atoms with Gasteiger partial charge in [0, 0.05) is 5.38 Å². The molecule has 0 aliphatic rings. The second-order valence-corrected chi connectivity index (χ2v) is 9.19. The largest absolute Gasteiger partial charge is 0.383 e. The zero-order valence-electron chi connectivity index (χ0n) is 7.51. The van der Waals surface area contributed by atoms with E-state index in [0.29, 0.717) is 5.82 Å². The molecular weight excluding hydrogens is 184 g/mol. The molecule has 12 heavy (non-hydrogen) atoms. The Morgan fingerprint density at radius 2 is 2.17 bits per heavy atom. The van der Waals surface area contributed by atoms with Gasteiger partial charge in [0.1, 0.15) is 13.9 Å². The summed E-state index contributed by atoms with van der Waals surface area (Å²) in [5.74, 6) is 3.61. The molecule has 0 bridgehead atoms. The molecule has 0 fully saturated rings. The van der Waals surface area contributed by atoms with Gasteiger partial charge < -0.3 is 5.73 Å². The minimum atomic E-state index is -1.27. The molecule has 4 heteroatoms. The standard InChI is InChI=1S/C8H12N2SSi/c1-12(2,3)5-4-8-10-7(9)6-11-8/h6H,9H2,1-3H3. The number of hydrogen-bond acceptors (Lipinski definition) is 3. The van der Waals surface area contributed by atoms with E-state index in [2.05, 4.69) is 36.1 Å². The molecule has 0 aliphatic carbocycles. The van der Waals surface area contributed by atoms with Crippen molar-refractivity contribution >= 4 is 25.2 Å². The quantitative estimate of drug-likeness (QED) is 0.509. The molecule has 0 saturated carbocycles. The van der Waals surface area contributed by atoms with Gasteiger partial charge >= 0.3 is 0 Å². The summed E-state index contributed by atoms with van der Waals surface area (Å²) in [7, 11) is -1.27. The maximum absolute atomic E-state index is 5.46. The van der Waals surface area contributed by atoms with Gasteiger partial charge in [-0.3, -0.25) is 0 Å². The lowest BCUT2D eigenvalue weighted by molar-refractivity contribution is 1.39. The Bertz CT molecular complexity index is 327. The smallest absolute Gasteiger partial charge is 0.168 e. The Hall–Kier alpha value is -0.793. The molecule has 0 atom stereocenters. The van der Waals surface area contributed by atoms with E-state index in [1.165, 1.54) is 11.3 Å². The molecule has 0 unspecified atom stereocenters. The van der Waals surface area contributed by atoms with E-state index in [1.807, 2.05) is 5.38 Å². The van der Waals surface area contributed by atoms with Crippen molar-refractivity contribution in [3.05, 3.63) is 10.4 Å². The number of hydrogen-bond donors (Lipinski definition) is 1. The molecule has 1 aromatic heterocycles. The number of aromatic nitrogens is 1. The van der Waals surface area contributed by atoms with Gasteiger partial charge in [0.05, 0.1) is 0 Å². The van der Waals surface area contributed by atoms with Crippen molar-refractivity contribution in [1.29, 1.82) is 0 Å². The van der Waals surface area contributed by atoms with Gasteiger partial charge in [-0.05, 0) is 5.92 Å². The summed E-state index contributed by atoms with van der Waals surface area (Å²) in [4.78, 5) is 4.06. The molecule has 1 heterocycles. The second-order valence-electron chi connectivity index (χ2n) is 3.58. The molecule has 0 saturated heterocycles. The summed E-state index contributed by atoms with van der Waals surface area (Å²) in [6.07, 6.45) is 0. The first-order valence-electron chi connectivity index (χ1n) is 3.71. The molecule has 1 rings (SSSR count). The highest BCUT2D eigenvalue weighted by molar-refractivity contribution is 7.10. The Labute approximate surface area is 77.8 Å². The van der Waals surface area contributed by atoms with Crippen LogP contribution in [0.5, 0.6) is 0 Å². The van der Waals surface area contributed by atoms with Crippen molar-refractivity contribution in [2.24, 2.45) is 0 Å². The summed E-state index contributed by atoms with van der Waals surface area (Å²) in [6, 6.07) is 0. The number of thiazole rings is 1. The van der Waals surface area contributed by atoms with E-state index in [9.17, 15) is 0 Å². The maximum atomic E-state index is 5.46. The van der Waals surface area contributed by atoms with Gasteiger partial charge in [0.15, 0.2) is 5.01 Å². The Morgan fingerprint density at radius 1 is 1.50 bits per heavy atom. The lowest BCUT2D eigenvalue weighted by Gasteiger charge is -2.02. The normalized spacial score (nSPS) is 10.6. The Balaban J connectivity index is 2.80. The molecule has 2 nitrogen and oxygen atoms in total. The van der Waals surface area contributed by atoms with Gasteiger partial charge in [-0.2, -0.15) is 0 Å². The predicted molar refractivity (Wildman–Crippen MR) is 56.8 cm³/mol. The van der Waals surface area contributed by atoms with Crippen molar-refractivity contribution in [2.45, 2.75) is 19.6 Å². The van der Waals surface area contributed by atoms with Crippen LogP contribution in [0.25, 0.3) is 0 Å². The Morgan fingerprint density at radius 3 is 2.58 bits per heavy atom. The highest BCUT2D eigenvalue weighted by Gasteiger charge is 2.07. The number of nitrogens with two attached hydrogens (primary N) is 1. The topological polar surface area (TPSA) is 38.9 Å². The van der Waals surface area contributed by atoms with Crippen LogP contribution in [0.4, 0.5) is 5.82 Å². The van der Waals surface area contributed by atoms with Crippen LogP contribution < -0.4 is 5.73 Å². The van der Waals surface area contributed by atoms with Crippen LogP contribution in [0.3, 0.4) is 0 Å². The zero-order valence-corrected chi connectivity index (χ0v) is 9.33. The second kappa shape index (κ2) is 3.29. The van der Waals surface area contributed by atoms with Crippen molar-refractivity contribution in [2.75, 3.05) is 5.73 Å². The van der Waals surface area contributed by atoms with Gasteiger partial charge in [0.2, 0.25) is 0 Å². The third-order valence-electron chi connectivity index (χ3n) is 1.07. The first kappa shape index (κ1) is 9.30. The third-order valence-corrected chi connectivity index (χ3v) is 2.72. The van der Waals surface area contributed by atoms with E-state index in [4.69, 9.17) is 5.73 Å². The summed E-state index contributed by atoms with van der Waals surface area (Å²) in [5.41, 5.74) is 8.69. The van der Waals surface area contributed by atoms with E-state index in [1.54, 1.807) is 0 Å². The van der Waals surface area contributed by atoms with Crippen LogP contribution in [0.2, 0.25) is 19.6 Å². The minimum Gasteiger partial charge on any atom is -0.383 e. The SMILES string of the molecule is C[Si](C)(C)C#Cc1nc(N)cs1. The van der Waals surface area contributed by atoms with Gasteiger partial charge in [0.25, 0.3) is 0 Å². The predicted octanol–water partition coefficient (Wildman–Crippen LogP) is 1.95. The molecule has 0 amide bonds. The number of nitrogens with zero attached hydrogens (tertiary/aromatic N) is 1. The minimum absolute atomic E-state index is 0.569. The molecule has 1 aromatic rings. The zero-order chi connectivity index (χ0) is 9.19. The average Bonchev–Trinajstić information content (AvgIpc) is 2.30. The van der Waals surface area contributed by atoms with E-state index >= 15 is 0 Å². The van der Waals surface area contributed by atoms with Crippen LogP contribution >= 0.6 is 11.3 Å². The molecule has 64 valence electrons. The van der Waals surface area contributed by atoms with E-state index in [-0.39, 0.29) is 0 Å². The third kappa shape index (κ3) is 3.07. The van der Waals surface area contributed by atoms with Crippen LogP contribution in [-0.2, 0) is 0 Å². The Kier molecular flexibility index (Phi) is 2.55. The van der Waals surface area contributed by atoms with Crippen LogP contribution in [-0.4, -0.2) is 13.1 Å². The van der Waals surface area contributed by atoms with Crippen molar-refractivity contribution in [3.63, 3.8) is 0 Å². The summed E-state index contributed by atoms with van der Waals surface area (Å²) >= 11 is 1.50. The lowest BCUT2D eigenvalue weighted by Crippen LogP contribution is -2.16. The summed E-state index contributed by atoms with van der Waals surface area (Å²) in [5, 5.41) is 2.64. The molecule has 2 N–H and O–H groups in total. The summed E-state index contributed by atoms with van der Waals surface area (Å²) < 4.78 is 0. The highest BCUT2D eigenvalue weighted by atomic mass is 32.1. The number of nitrogen functional groups attached to an aromatic ring is 1. The van der Waals surface area contributed by atoms with E-state index in [0.717, 1.165) is 5.01 Å². The molecular formula is C8H12N2SSi. The molecule has 0 aromatic carbocycles. The van der Waals surface area contributed by atoms with Crippen molar-refractivity contribution in [1.82, 2.24) is 4.98 Å². The summed E-state index contributed by atoms with van der Waals surface area (Å²) in [6.45, 7) is 6.62. The van der Waals surface area contributed by atoms with Crippen LogP contribution in [0, 0.1) is 11.5 Å². The number of rotatable bonds is 0. The molecule has 0 radical (unpaired) electrons.